The quantitative estimate of drug-likeness (QED) is 0.836. The van der Waals surface area contributed by atoms with Crippen LogP contribution in [0.25, 0.3) is 5.69 Å². The van der Waals surface area contributed by atoms with Gasteiger partial charge < -0.3 is 5.73 Å². The van der Waals surface area contributed by atoms with Crippen LogP contribution in [0.3, 0.4) is 0 Å². The Labute approximate surface area is 122 Å². The van der Waals surface area contributed by atoms with Crippen molar-refractivity contribution in [1.82, 2.24) is 9.78 Å². The Morgan fingerprint density at radius 1 is 1.22 bits per heavy atom. The van der Waals surface area contributed by atoms with E-state index in [-0.39, 0.29) is 5.41 Å². The van der Waals surface area contributed by atoms with Crippen LogP contribution >= 0.6 is 22.6 Å². The molecule has 3 nitrogen and oxygen atoms in total. The van der Waals surface area contributed by atoms with Crippen molar-refractivity contribution in [2.75, 3.05) is 5.73 Å². The van der Waals surface area contributed by atoms with Gasteiger partial charge in [-0.05, 0) is 46.6 Å². The molecule has 0 saturated carbocycles. The van der Waals surface area contributed by atoms with Crippen molar-refractivity contribution in [2.24, 2.45) is 5.41 Å². The highest BCUT2D eigenvalue weighted by Gasteiger charge is 2.20. The predicted octanol–water partition coefficient (Wildman–Crippen LogP) is 3.65. The summed E-state index contributed by atoms with van der Waals surface area (Å²) in [6, 6.07) is 10.0. The van der Waals surface area contributed by atoms with Crippen LogP contribution in [0.2, 0.25) is 0 Å². The third-order valence-electron chi connectivity index (χ3n) is 2.63. The van der Waals surface area contributed by atoms with E-state index in [2.05, 4.69) is 48.5 Å². The van der Waals surface area contributed by atoms with E-state index in [4.69, 9.17) is 5.73 Å². The first kappa shape index (κ1) is 13.4. The van der Waals surface area contributed by atoms with Gasteiger partial charge in [0.1, 0.15) is 5.82 Å². The van der Waals surface area contributed by atoms with E-state index >= 15 is 0 Å². The Morgan fingerprint density at radius 2 is 1.83 bits per heavy atom. The highest BCUT2D eigenvalue weighted by molar-refractivity contribution is 14.1. The standard InChI is InChI=1S/C14H18IN3/c1-14(2,3)9-11-12(15)13(16)18(17-11)10-7-5-4-6-8-10/h4-8H,9,16H2,1-3H3. The van der Waals surface area contributed by atoms with E-state index in [0.29, 0.717) is 0 Å². The third-order valence-corrected chi connectivity index (χ3v) is 3.80. The molecule has 0 aliphatic heterocycles. The molecule has 0 aliphatic carbocycles. The summed E-state index contributed by atoms with van der Waals surface area (Å²) >= 11 is 2.28. The molecule has 2 rings (SSSR count). The number of hydrogen-bond acceptors (Lipinski definition) is 2. The Balaban J connectivity index is 2.43. The second kappa shape index (κ2) is 4.91. The fraction of sp³-hybridized carbons (Fsp3) is 0.357. The van der Waals surface area contributed by atoms with Crippen molar-refractivity contribution in [2.45, 2.75) is 27.2 Å². The summed E-state index contributed by atoms with van der Waals surface area (Å²) in [6.45, 7) is 6.63. The maximum absolute atomic E-state index is 6.15. The molecular formula is C14H18IN3. The molecule has 0 bridgehead atoms. The summed E-state index contributed by atoms with van der Waals surface area (Å²) in [5.74, 6) is 0.723. The van der Waals surface area contributed by atoms with Crippen molar-refractivity contribution in [3.8, 4) is 5.69 Å². The van der Waals surface area contributed by atoms with Gasteiger partial charge in [0.25, 0.3) is 0 Å². The zero-order chi connectivity index (χ0) is 13.3. The number of para-hydroxylation sites is 1. The van der Waals surface area contributed by atoms with Crippen molar-refractivity contribution >= 4 is 28.4 Å². The lowest BCUT2D eigenvalue weighted by molar-refractivity contribution is 0.404. The number of aromatic nitrogens is 2. The zero-order valence-corrected chi connectivity index (χ0v) is 13.1. The van der Waals surface area contributed by atoms with Crippen LogP contribution in [-0.4, -0.2) is 9.78 Å². The number of nitrogen functional groups attached to an aromatic ring is 1. The van der Waals surface area contributed by atoms with Crippen molar-refractivity contribution < 1.29 is 0 Å². The van der Waals surface area contributed by atoms with Crippen LogP contribution in [0.5, 0.6) is 0 Å². The summed E-state index contributed by atoms with van der Waals surface area (Å²) in [6.07, 6.45) is 0.926. The Kier molecular flexibility index (Phi) is 3.66. The van der Waals surface area contributed by atoms with E-state index in [1.54, 1.807) is 0 Å². The topological polar surface area (TPSA) is 43.8 Å². The van der Waals surface area contributed by atoms with Gasteiger partial charge in [0.15, 0.2) is 0 Å². The molecule has 1 aromatic carbocycles. The van der Waals surface area contributed by atoms with Gasteiger partial charge in [0, 0.05) is 0 Å². The molecule has 0 atom stereocenters. The van der Waals surface area contributed by atoms with Crippen LogP contribution in [0.15, 0.2) is 30.3 Å². The van der Waals surface area contributed by atoms with Gasteiger partial charge in [-0.2, -0.15) is 5.10 Å². The molecule has 4 heteroatoms. The number of rotatable bonds is 2. The average Bonchev–Trinajstić information content (AvgIpc) is 2.57. The van der Waals surface area contributed by atoms with Crippen LogP contribution in [0, 0.1) is 8.99 Å². The number of anilines is 1. The summed E-state index contributed by atoms with van der Waals surface area (Å²) in [7, 11) is 0. The molecule has 0 saturated heterocycles. The average molecular weight is 355 g/mol. The summed E-state index contributed by atoms with van der Waals surface area (Å²) in [4.78, 5) is 0. The van der Waals surface area contributed by atoms with E-state index in [1.807, 2.05) is 35.0 Å². The second-order valence-corrected chi connectivity index (χ2v) is 6.71. The molecule has 2 aromatic rings. The highest BCUT2D eigenvalue weighted by atomic mass is 127. The van der Waals surface area contributed by atoms with Crippen LogP contribution in [-0.2, 0) is 6.42 Å². The third kappa shape index (κ3) is 2.85. The monoisotopic (exact) mass is 355 g/mol. The van der Waals surface area contributed by atoms with E-state index in [0.717, 1.165) is 27.2 Å². The van der Waals surface area contributed by atoms with Gasteiger partial charge in [-0.15, -0.1) is 0 Å². The summed E-state index contributed by atoms with van der Waals surface area (Å²) in [5.41, 5.74) is 8.44. The molecule has 0 amide bonds. The van der Waals surface area contributed by atoms with Gasteiger partial charge in [-0.25, -0.2) is 4.68 Å². The van der Waals surface area contributed by atoms with Gasteiger partial charge in [-0.1, -0.05) is 39.0 Å². The Morgan fingerprint density at radius 3 is 2.39 bits per heavy atom. The largest absolute Gasteiger partial charge is 0.383 e. The number of halogens is 1. The second-order valence-electron chi connectivity index (χ2n) is 5.63. The molecule has 0 unspecified atom stereocenters. The van der Waals surface area contributed by atoms with Crippen LogP contribution < -0.4 is 5.73 Å². The number of nitrogens with two attached hydrogens (primary N) is 1. The molecule has 0 radical (unpaired) electrons. The fourth-order valence-corrected chi connectivity index (χ4v) is 2.37. The SMILES string of the molecule is CC(C)(C)Cc1nn(-c2ccccc2)c(N)c1I. The first-order chi connectivity index (χ1) is 8.38. The van der Waals surface area contributed by atoms with Crippen LogP contribution in [0.4, 0.5) is 5.82 Å². The summed E-state index contributed by atoms with van der Waals surface area (Å²) < 4.78 is 2.88. The van der Waals surface area contributed by atoms with E-state index in [9.17, 15) is 0 Å². The predicted molar refractivity (Wildman–Crippen MR) is 83.9 cm³/mol. The zero-order valence-electron chi connectivity index (χ0n) is 10.9. The van der Waals surface area contributed by atoms with E-state index < -0.39 is 0 Å². The smallest absolute Gasteiger partial charge is 0.141 e. The van der Waals surface area contributed by atoms with Crippen LogP contribution in [0.1, 0.15) is 26.5 Å². The maximum Gasteiger partial charge on any atom is 0.141 e. The maximum atomic E-state index is 6.15. The van der Waals surface area contributed by atoms with Crippen molar-refractivity contribution in [3.63, 3.8) is 0 Å². The minimum absolute atomic E-state index is 0.211. The minimum atomic E-state index is 0.211. The molecule has 1 aromatic heterocycles. The molecule has 18 heavy (non-hydrogen) atoms. The lowest BCUT2D eigenvalue weighted by Crippen LogP contribution is -2.10. The lowest BCUT2D eigenvalue weighted by Gasteiger charge is -2.16. The minimum Gasteiger partial charge on any atom is -0.383 e. The number of benzene rings is 1. The highest BCUT2D eigenvalue weighted by Crippen LogP contribution is 2.28. The molecule has 1 heterocycles. The number of hydrogen-bond donors (Lipinski definition) is 1. The lowest BCUT2D eigenvalue weighted by atomic mass is 9.91. The van der Waals surface area contributed by atoms with Gasteiger partial charge in [0.2, 0.25) is 0 Å². The van der Waals surface area contributed by atoms with Crippen molar-refractivity contribution in [1.29, 1.82) is 0 Å². The van der Waals surface area contributed by atoms with Gasteiger partial charge >= 0.3 is 0 Å². The molecule has 2 N–H and O–H groups in total. The number of nitrogens with zero attached hydrogens (tertiary/aromatic N) is 2. The normalized spacial score (nSPS) is 11.8. The Bertz CT molecular complexity index is 538. The fourth-order valence-electron chi connectivity index (χ4n) is 1.84. The first-order valence-electron chi connectivity index (χ1n) is 5.97. The van der Waals surface area contributed by atoms with Gasteiger partial charge in [-0.3, -0.25) is 0 Å². The first-order valence-corrected chi connectivity index (χ1v) is 7.05. The Hall–Kier alpha value is -1.04. The van der Waals surface area contributed by atoms with Crippen molar-refractivity contribution in [3.05, 3.63) is 39.6 Å². The summed E-state index contributed by atoms with van der Waals surface area (Å²) in [5, 5.41) is 4.65. The van der Waals surface area contributed by atoms with E-state index in [1.165, 1.54) is 0 Å². The molecule has 96 valence electrons. The molecule has 0 spiro atoms. The van der Waals surface area contributed by atoms with Gasteiger partial charge in [0.05, 0.1) is 15.0 Å². The molecule has 0 aliphatic rings. The molecule has 0 fully saturated rings. The molecular weight excluding hydrogens is 337 g/mol.